The Labute approximate surface area is 157 Å². The van der Waals surface area contributed by atoms with Crippen molar-refractivity contribution in [3.63, 3.8) is 0 Å². The Balaban J connectivity index is 1.97. The van der Waals surface area contributed by atoms with E-state index in [1.54, 1.807) is 16.2 Å². The second kappa shape index (κ2) is 7.11. The van der Waals surface area contributed by atoms with Crippen LogP contribution in [-0.4, -0.2) is 42.8 Å². The van der Waals surface area contributed by atoms with Crippen LogP contribution >= 0.6 is 11.3 Å². The van der Waals surface area contributed by atoms with Gasteiger partial charge in [0.1, 0.15) is 5.60 Å². The maximum absolute atomic E-state index is 12.4. The van der Waals surface area contributed by atoms with Crippen LogP contribution in [0.5, 0.6) is 0 Å². The van der Waals surface area contributed by atoms with Crippen molar-refractivity contribution in [1.82, 2.24) is 4.90 Å². The second-order valence-corrected chi connectivity index (χ2v) is 8.16. The van der Waals surface area contributed by atoms with Crippen molar-refractivity contribution in [3.8, 4) is 0 Å². The number of benzene rings is 1. The van der Waals surface area contributed by atoms with E-state index in [-0.39, 0.29) is 6.54 Å². The number of nitrogens with zero attached hydrogens (tertiary/aromatic N) is 1. The number of fused-ring (bicyclic) bond motifs is 1. The fourth-order valence-corrected chi connectivity index (χ4v) is 4.04. The molecule has 0 saturated carbocycles. The minimum Gasteiger partial charge on any atom is -0.466 e. The van der Waals surface area contributed by atoms with Gasteiger partial charge in [0.2, 0.25) is 0 Å². The van der Waals surface area contributed by atoms with Gasteiger partial charge < -0.3 is 14.4 Å². The van der Waals surface area contributed by atoms with Crippen LogP contribution in [0.15, 0.2) is 35.2 Å². The lowest BCUT2D eigenvalue weighted by Crippen LogP contribution is -2.41. The SMILES string of the molecule is COC(=O)C1=C(c2csc3ccccc23)CCN(C(=O)OC(C)(C)C)C1. The average molecular weight is 373 g/mol. The summed E-state index contributed by atoms with van der Waals surface area (Å²) in [5, 5.41) is 3.20. The first-order valence-electron chi connectivity index (χ1n) is 8.55. The highest BCUT2D eigenvalue weighted by atomic mass is 32.1. The fourth-order valence-electron chi connectivity index (χ4n) is 3.06. The summed E-state index contributed by atoms with van der Waals surface area (Å²) in [6, 6.07) is 8.12. The summed E-state index contributed by atoms with van der Waals surface area (Å²) >= 11 is 1.65. The van der Waals surface area contributed by atoms with Gasteiger partial charge >= 0.3 is 12.1 Å². The summed E-state index contributed by atoms with van der Waals surface area (Å²) in [5.41, 5.74) is 1.95. The molecule has 1 amide bonds. The number of esters is 1. The molecular weight excluding hydrogens is 350 g/mol. The lowest BCUT2D eigenvalue weighted by atomic mass is 9.93. The molecule has 0 N–H and O–H groups in total. The Bertz CT molecular complexity index is 875. The number of methoxy groups -OCH3 is 1. The molecule has 0 unspecified atom stereocenters. The van der Waals surface area contributed by atoms with Gasteiger partial charge in [-0.15, -0.1) is 11.3 Å². The summed E-state index contributed by atoms with van der Waals surface area (Å²) in [4.78, 5) is 26.4. The molecule has 6 heteroatoms. The summed E-state index contributed by atoms with van der Waals surface area (Å²) in [6.45, 7) is 6.19. The van der Waals surface area contributed by atoms with Gasteiger partial charge in [-0.2, -0.15) is 0 Å². The van der Waals surface area contributed by atoms with Gasteiger partial charge in [0, 0.05) is 11.2 Å². The van der Waals surface area contributed by atoms with Crippen LogP contribution in [0.1, 0.15) is 32.8 Å². The molecule has 0 spiro atoms. The zero-order chi connectivity index (χ0) is 18.9. The summed E-state index contributed by atoms with van der Waals surface area (Å²) in [6.07, 6.45) is 0.179. The molecule has 0 bridgehead atoms. The molecule has 0 atom stereocenters. The van der Waals surface area contributed by atoms with Gasteiger partial charge in [-0.1, -0.05) is 18.2 Å². The first kappa shape index (κ1) is 18.5. The van der Waals surface area contributed by atoms with Gasteiger partial charge in [-0.25, -0.2) is 9.59 Å². The lowest BCUT2D eigenvalue weighted by Gasteiger charge is -2.32. The third-order valence-corrected chi connectivity index (χ3v) is 5.20. The molecule has 1 aliphatic rings. The predicted octanol–water partition coefficient (Wildman–Crippen LogP) is 4.47. The summed E-state index contributed by atoms with van der Waals surface area (Å²) in [7, 11) is 1.37. The Morgan fingerprint density at radius 1 is 1.19 bits per heavy atom. The Hall–Kier alpha value is -2.34. The fraction of sp³-hybridized carbons (Fsp3) is 0.400. The molecule has 1 aromatic carbocycles. The molecule has 5 nitrogen and oxygen atoms in total. The summed E-state index contributed by atoms with van der Waals surface area (Å²) in [5.74, 6) is -0.400. The van der Waals surface area contributed by atoms with Crippen LogP contribution in [-0.2, 0) is 14.3 Å². The van der Waals surface area contributed by atoms with Crippen molar-refractivity contribution in [2.45, 2.75) is 32.8 Å². The molecule has 1 aromatic heterocycles. The molecular formula is C20H23NO4S. The van der Waals surface area contributed by atoms with Crippen LogP contribution < -0.4 is 0 Å². The molecule has 0 aliphatic carbocycles. The minimum absolute atomic E-state index is 0.196. The normalized spacial score (nSPS) is 15.3. The highest BCUT2D eigenvalue weighted by Gasteiger charge is 2.31. The van der Waals surface area contributed by atoms with Crippen LogP contribution in [0.4, 0.5) is 4.79 Å². The van der Waals surface area contributed by atoms with Crippen LogP contribution in [0.3, 0.4) is 0 Å². The van der Waals surface area contributed by atoms with Crippen molar-refractivity contribution in [2.75, 3.05) is 20.2 Å². The second-order valence-electron chi connectivity index (χ2n) is 7.25. The first-order valence-corrected chi connectivity index (χ1v) is 9.43. The Morgan fingerprint density at radius 2 is 1.92 bits per heavy atom. The van der Waals surface area contributed by atoms with E-state index >= 15 is 0 Å². The predicted molar refractivity (Wildman–Crippen MR) is 103 cm³/mol. The summed E-state index contributed by atoms with van der Waals surface area (Å²) < 4.78 is 11.6. The number of thiophene rings is 1. The molecule has 0 fully saturated rings. The number of rotatable bonds is 2. The third kappa shape index (κ3) is 3.75. The van der Waals surface area contributed by atoms with Crippen LogP contribution in [0.25, 0.3) is 15.7 Å². The van der Waals surface area contributed by atoms with E-state index in [2.05, 4.69) is 17.5 Å². The lowest BCUT2D eigenvalue weighted by molar-refractivity contribution is -0.136. The quantitative estimate of drug-likeness (QED) is 0.729. The van der Waals surface area contributed by atoms with E-state index in [1.807, 2.05) is 32.9 Å². The highest BCUT2D eigenvalue weighted by Crippen LogP contribution is 2.36. The highest BCUT2D eigenvalue weighted by molar-refractivity contribution is 7.17. The zero-order valence-corrected chi connectivity index (χ0v) is 16.3. The number of hydrogen-bond acceptors (Lipinski definition) is 5. The third-order valence-electron chi connectivity index (χ3n) is 4.23. The molecule has 2 heterocycles. The van der Waals surface area contributed by atoms with Crippen LogP contribution in [0.2, 0.25) is 0 Å². The van der Waals surface area contributed by atoms with Crippen molar-refractivity contribution in [1.29, 1.82) is 0 Å². The van der Waals surface area contributed by atoms with E-state index in [1.165, 1.54) is 11.8 Å². The molecule has 1 aliphatic heterocycles. The van der Waals surface area contributed by atoms with Crippen molar-refractivity contribution in [3.05, 3.63) is 40.8 Å². The maximum atomic E-state index is 12.4. The Morgan fingerprint density at radius 3 is 2.62 bits per heavy atom. The van der Waals surface area contributed by atoms with E-state index < -0.39 is 17.7 Å². The van der Waals surface area contributed by atoms with Gasteiger partial charge in [0.05, 0.1) is 19.2 Å². The van der Waals surface area contributed by atoms with Crippen LogP contribution in [0, 0.1) is 0 Å². The number of ether oxygens (including phenoxy) is 2. The number of carbonyl (C=O) groups is 2. The Kier molecular flexibility index (Phi) is 5.05. The van der Waals surface area contributed by atoms with Crippen molar-refractivity contribution in [2.24, 2.45) is 0 Å². The molecule has 0 radical (unpaired) electrons. The van der Waals surface area contributed by atoms with E-state index in [0.717, 1.165) is 16.5 Å². The standard InChI is InChI=1S/C20H23NO4S/c1-20(2,3)25-19(23)21-10-9-13(15(11-21)18(22)24-4)16-12-26-17-8-6-5-7-14(16)17/h5-8,12H,9-11H2,1-4H3. The number of amides is 1. The van der Waals surface area contributed by atoms with Gasteiger partial charge in [0.25, 0.3) is 0 Å². The number of hydrogen-bond donors (Lipinski definition) is 0. The van der Waals surface area contributed by atoms with Gasteiger partial charge in [0.15, 0.2) is 0 Å². The van der Waals surface area contributed by atoms with E-state index in [0.29, 0.717) is 18.5 Å². The average Bonchev–Trinajstić information content (AvgIpc) is 3.03. The molecule has 26 heavy (non-hydrogen) atoms. The zero-order valence-electron chi connectivity index (χ0n) is 15.5. The smallest absolute Gasteiger partial charge is 0.410 e. The topological polar surface area (TPSA) is 55.8 Å². The number of carbonyl (C=O) groups excluding carboxylic acids is 2. The van der Waals surface area contributed by atoms with Gasteiger partial charge in [-0.3, -0.25) is 0 Å². The first-order chi connectivity index (χ1) is 12.3. The molecule has 0 saturated heterocycles. The monoisotopic (exact) mass is 373 g/mol. The molecule has 3 rings (SSSR count). The molecule has 138 valence electrons. The largest absolute Gasteiger partial charge is 0.466 e. The van der Waals surface area contributed by atoms with E-state index in [4.69, 9.17) is 9.47 Å². The maximum Gasteiger partial charge on any atom is 0.410 e. The van der Waals surface area contributed by atoms with Crippen molar-refractivity contribution >= 4 is 39.1 Å². The van der Waals surface area contributed by atoms with E-state index in [9.17, 15) is 9.59 Å². The van der Waals surface area contributed by atoms with Crippen molar-refractivity contribution < 1.29 is 19.1 Å². The molecule has 2 aromatic rings. The minimum atomic E-state index is -0.573. The van der Waals surface area contributed by atoms with Gasteiger partial charge in [-0.05, 0) is 55.2 Å².